The van der Waals surface area contributed by atoms with Gasteiger partial charge in [-0.05, 0) is 37.1 Å². The van der Waals surface area contributed by atoms with Gasteiger partial charge >= 0.3 is 0 Å². The molecule has 1 N–H and O–H groups in total. The van der Waals surface area contributed by atoms with E-state index < -0.39 is 0 Å². The second-order valence-electron chi connectivity index (χ2n) is 9.70. The van der Waals surface area contributed by atoms with Crippen LogP contribution in [-0.2, 0) is 9.47 Å². The lowest BCUT2D eigenvalue weighted by Crippen LogP contribution is -2.37. The maximum absolute atomic E-state index is 6.31. The minimum absolute atomic E-state index is 0.591. The highest BCUT2D eigenvalue weighted by atomic mass is 16.5. The first-order valence-electron chi connectivity index (χ1n) is 13.8. The third-order valence-corrected chi connectivity index (χ3v) is 6.95. The van der Waals surface area contributed by atoms with Crippen molar-refractivity contribution in [1.29, 1.82) is 0 Å². The fourth-order valence-corrected chi connectivity index (χ4v) is 4.80. The molecule has 1 aromatic heterocycles. The monoisotopic (exact) mass is 531 g/mol. The highest BCUT2D eigenvalue weighted by Crippen LogP contribution is 2.35. The third-order valence-electron chi connectivity index (χ3n) is 6.95. The molecular weight excluding hydrogens is 494 g/mol. The predicted molar refractivity (Wildman–Crippen MR) is 152 cm³/mol. The topological polar surface area (TPSA) is 81.2 Å². The zero-order valence-corrected chi connectivity index (χ0v) is 22.4. The van der Waals surface area contributed by atoms with Crippen molar-refractivity contribution in [1.82, 2.24) is 19.8 Å². The molecule has 0 spiro atoms. The summed E-state index contributed by atoms with van der Waals surface area (Å²) in [4.78, 5) is 13.9. The van der Waals surface area contributed by atoms with Crippen molar-refractivity contribution in [2.75, 3.05) is 84.2 Å². The van der Waals surface area contributed by atoms with E-state index in [-0.39, 0.29) is 0 Å². The van der Waals surface area contributed by atoms with Gasteiger partial charge in [0.1, 0.15) is 12.1 Å². The molecule has 9 nitrogen and oxygen atoms in total. The molecule has 39 heavy (non-hydrogen) atoms. The van der Waals surface area contributed by atoms with Crippen molar-refractivity contribution in [2.24, 2.45) is 0 Å². The van der Waals surface area contributed by atoms with E-state index in [0.29, 0.717) is 30.5 Å². The van der Waals surface area contributed by atoms with E-state index in [1.54, 1.807) is 6.33 Å². The number of anilines is 2. The lowest BCUT2D eigenvalue weighted by atomic mass is 10.2. The molecule has 3 heterocycles. The van der Waals surface area contributed by atoms with Crippen LogP contribution in [0.5, 0.6) is 11.5 Å². The maximum Gasteiger partial charge on any atom is 0.163 e. The van der Waals surface area contributed by atoms with Gasteiger partial charge in [-0.1, -0.05) is 12.0 Å². The highest BCUT2D eigenvalue weighted by Gasteiger charge is 2.15. The number of ether oxygens (including phenoxy) is 4. The summed E-state index contributed by atoms with van der Waals surface area (Å²) in [5.74, 6) is 4.77. The molecule has 9 heteroatoms. The van der Waals surface area contributed by atoms with Crippen LogP contribution >= 0.6 is 0 Å². The van der Waals surface area contributed by atoms with Gasteiger partial charge < -0.3 is 24.3 Å². The Morgan fingerprint density at radius 1 is 0.846 bits per heavy atom. The number of fused-ring (bicyclic) bond motifs is 1. The predicted octanol–water partition coefficient (Wildman–Crippen LogP) is 3.56. The molecule has 3 aromatic rings. The van der Waals surface area contributed by atoms with E-state index in [9.17, 15) is 0 Å². The molecule has 0 radical (unpaired) electrons. The first-order valence-corrected chi connectivity index (χ1v) is 13.8. The van der Waals surface area contributed by atoms with Gasteiger partial charge in [0.25, 0.3) is 0 Å². The summed E-state index contributed by atoms with van der Waals surface area (Å²) < 4.78 is 23.5. The van der Waals surface area contributed by atoms with Crippen LogP contribution in [0.15, 0.2) is 42.7 Å². The van der Waals surface area contributed by atoms with E-state index in [4.69, 9.17) is 25.4 Å². The number of hydrogen-bond acceptors (Lipinski definition) is 9. The zero-order chi connectivity index (χ0) is 26.7. The van der Waals surface area contributed by atoms with E-state index in [0.717, 1.165) is 101 Å². The third kappa shape index (κ3) is 7.80. The molecule has 2 aliphatic rings. The van der Waals surface area contributed by atoms with Crippen molar-refractivity contribution in [3.63, 3.8) is 0 Å². The molecule has 206 valence electrons. The number of morpholine rings is 2. The number of hydrogen-bond donors (Lipinski definition) is 1. The summed E-state index contributed by atoms with van der Waals surface area (Å²) >= 11 is 0. The Morgan fingerprint density at radius 2 is 1.49 bits per heavy atom. The Morgan fingerprint density at radius 3 is 2.13 bits per heavy atom. The van der Waals surface area contributed by atoms with Gasteiger partial charge in [-0.2, -0.15) is 0 Å². The smallest absolute Gasteiger partial charge is 0.163 e. The summed E-state index contributed by atoms with van der Waals surface area (Å²) in [7, 11) is 0. The van der Waals surface area contributed by atoms with E-state index in [1.807, 2.05) is 36.4 Å². The molecule has 5 rings (SSSR count). The number of nitrogens with one attached hydrogen (secondary N) is 1. The van der Waals surface area contributed by atoms with Crippen molar-refractivity contribution in [3.8, 4) is 23.8 Å². The largest absolute Gasteiger partial charge is 0.490 e. The van der Waals surface area contributed by atoms with Gasteiger partial charge in [0.2, 0.25) is 0 Å². The lowest BCUT2D eigenvalue weighted by molar-refractivity contribution is 0.0353. The Hall–Kier alpha value is -3.42. The number of benzene rings is 2. The van der Waals surface area contributed by atoms with Crippen LogP contribution < -0.4 is 14.8 Å². The normalized spacial score (nSPS) is 16.6. The van der Waals surface area contributed by atoms with E-state index in [1.165, 1.54) is 0 Å². The average Bonchev–Trinajstić information content (AvgIpc) is 2.99. The van der Waals surface area contributed by atoms with Gasteiger partial charge in [-0.15, -0.1) is 6.42 Å². The Kier molecular flexibility index (Phi) is 9.82. The zero-order valence-electron chi connectivity index (χ0n) is 22.4. The standard InChI is InChI=1S/C30H37N5O4/c1-2-24-6-3-7-25(20-24)33-30-26-21-28(38-14-4-8-34-10-16-36-17-11-34)29(22-27(26)31-23-32-30)39-15-5-9-35-12-18-37-19-13-35/h1,3,6-7,20-23H,4-5,8-19H2,(H,31,32,33). The van der Waals surface area contributed by atoms with Gasteiger partial charge in [-0.25, -0.2) is 9.97 Å². The SMILES string of the molecule is C#Cc1cccc(Nc2ncnc3cc(OCCCN4CCOCC4)c(OCCCN4CCOCC4)cc23)c1. The highest BCUT2D eigenvalue weighted by molar-refractivity contribution is 5.93. The molecule has 0 aliphatic carbocycles. The Balaban J connectivity index is 1.30. The fourth-order valence-electron chi connectivity index (χ4n) is 4.80. The first kappa shape index (κ1) is 27.2. The molecule has 0 saturated carbocycles. The van der Waals surface area contributed by atoms with Gasteiger partial charge in [0.05, 0.1) is 45.2 Å². The number of rotatable bonds is 12. The van der Waals surface area contributed by atoms with E-state index in [2.05, 4.69) is 31.0 Å². The molecule has 2 fully saturated rings. The number of nitrogens with zero attached hydrogens (tertiary/aromatic N) is 4. The first-order chi connectivity index (χ1) is 19.3. The van der Waals surface area contributed by atoms with Crippen LogP contribution in [-0.4, -0.2) is 98.7 Å². The summed E-state index contributed by atoms with van der Waals surface area (Å²) in [5.41, 5.74) is 2.45. The average molecular weight is 532 g/mol. The second kappa shape index (κ2) is 14.1. The summed E-state index contributed by atoms with van der Waals surface area (Å²) in [6, 6.07) is 11.6. The van der Waals surface area contributed by atoms with Crippen LogP contribution in [0.3, 0.4) is 0 Å². The molecular formula is C30H37N5O4. The summed E-state index contributed by atoms with van der Waals surface area (Å²) in [6.07, 6.45) is 8.99. The molecule has 2 saturated heterocycles. The fraction of sp³-hybridized carbons (Fsp3) is 0.467. The molecule has 0 amide bonds. The minimum Gasteiger partial charge on any atom is -0.490 e. The van der Waals surface area contributed by atoms with Crippen molar-refractivity contribution >= 4 is 22.4 Å². The molecule has 0 bridgehead atoms. The van der Waals surface area contributed by atoms with Crippen LogP contribution in [0, 0.1) is 12.3 Å². The Labute approximate surface area is 230 Å². The van der Waals surface area contributed by atoms with Crippen molar-refractivity contribution in [3.05, 3.63) is 48.3 Å². The van der Waals surface area contributed by atoms with Crippen LogP contribution in [0.25, 0.3) is 10.9 Å². The van der Waals surface area contributed by atoms with Crippen LogP contribution in [0.1, 0.15) is 18.4 Å². The van der Waals surface area contributed by atoms with E-state index >= 15 is 0 Å². The minimum atomic E-state index is 0.591. The van der Waals surface area contributed by atoms with Gasteiger partial charge in [-0.3, -0.25) is 9.80 Å². The number of terminal acetylenes is 1. The summed E-state index contributed by atoms with van der Waals surface area (Å²) in [5, 5.41) is 4.24. The maximum atomic E-state index is 6.31. The van der Waals surface area contributed by atoms with Crippen molar-refractivity contribution < 1.29 is 18.9 Å². The van der Waals surface area contributed by atoms with Crippen LogP contribution in [0.2, 0.25) is 0 Å². The van der Waals surface area contributed by atoms with Crippen LogP contribution in [0.4, 0.5) is 11.5 Å². The Bertz CT molecular complexity index is 1250. The van der Waals surface area contributed by atoms with Gasteiger partial charge in [0.15, 0.2) is 11.5 Å². The lowest BCUT2D eigenvalue weighted by Gasteiger charge is -2.26. The quantitative estimate of drug-likeness (QED) is 0.279. The second-order valence-corrected chi connectivity index (χ2v) is 9.70. The summed E-state index contributed by atoms with van der Waals surface area (Å²) in [6.45, 7) is 10.3. The molecule has 0 unspecified atom stereocenters. The molecule has 2 aliphatic heterocycles. The van der Waals surface area contributed by atoms with Crippen molar-refractivity contribution in [2.45, 2.75) is 12.8 Å². The number of aromatic nitrogens is 2. The van der Waals surface area contributed by atoms with Gasteiger partial charge in [0, 0.05) is 62.0 Å². The molecule has 2 aromatic carbocycles. The molecule has 0 atom stereocenters.